The quantitative estimate of drug-likeness (QED) is 0.782. The Morgan fingerprint density at radius 2 is 1.81 bits per heavy atom. The third-order valence-electron chi connectivity index (χ3n) is 3.56. The van der Waals surface area contributed by atoms with E-state index in [0.29, 0.717) is 10.7 Å². The van der Waals surface area contributed by atoms with E-state index in [2.05, 4.69) is 21.2 Å². The van der Waals surface area contributed by atoms with E-state index < -0.39 is 5.41 Å². The Hall–Kier alpha value is -1.32. The first kappa shape index (κ1) is 16.1. The van der Waals surface area contributed by atoms with E-state index in [9.17, 15) is 4.79 Å². The molecule has 0 atom stereocenters. The van der Waals surface area contributed by atoms with E-state index in [4.69, 9.17) is 11.6 Å². The van der Waals surface area contributed by atoms with Gasteiger partial charge in [0.05, 0.1) is 11.1 Å². The Morgan fingerprint density at radius 3 is 2.43 bits per heavy atom. The van der Waals surface area contributed by atoms with Crippen LogP contribution in [-0.4, -0.2) is 5.91 Å². The van der Waals surface area contributed by atoms with Gasteiger partial charge in [0.25, 0.3) is 0 Å². The molecule has 2 rings (SSSR count). The molecule has 1 amide bonds. The Kier molecular flexibility index (Phi) is 4.74. The standard InChI is InChI=1S/C17H17BrClNO/c1-11-9-13(18)15(10-14(11)19)20-16(21)17(2,3)12-7-5-4-6-8-12/h4-10H,1-3H3,(H,20,21). The number of carbonyl (C=O) groups excluding carboxylic acids is 1. The van der Waals surface area contributed by atoms with Crippen molar-refractivity contribution in [3.05, 3.63) is 63.1 Å². The predicted molar refractivity (Wildman–Crippen MR) is 92.0 cm³/mol. The zero-order valence-corrected chi connectivity index (χ0v) is 14.5. The summed E-state index contributed by atoms with van der Waals surface area (Å²) in [7, 11) is 0. The Morgan fingerprint density at radius 1 is 1.19 bits per heavy atom. The van der Waals surface area contributed by atoms with Crippen molar-refractivity contribution in [3.63, 3.8) is 0 Å². The topological polar surface area (TPSA) is 29.1 Å². The lowest BCUT2D eigenvalue weighted by Gasteiger charge is -2.24. The number of amides is 1. The van der Waals surface area contributed by atoms with Crippen LogP contribution >= 0.6 is 27.5 Å². The van der Waals surface area contributed by atoms with E-state index >= 15 is 0 Å². The molecule has 0 saturated heterocycles. The number of benzene rings is 2. The van der Waals surface area contributed by atoms with Gasteiger partial charge in [-0.05, 0) is 60.0 Å². The molecule has 0 bridgehead atoms. The minimum absolute atomic E-state index is 0.0747. The molecule has 0 heterocycles. The molecule has 0 aliphatic heterocycles. The van der Waals surface area contributed by atoms with E-state index in [1.54, 1.807) is 6.07 Å². The van der Waals surface area contributed by atoms with Crippen molar-refractivity contribution in [1.29, 1.82) is 0 Å². The number of aryl methyl sites for hydroxylation is 1. The summed E-state index contributed by atoms with van der Waals surface area (Å²) in [5.74, 6) is -0.0747. The van der Waals surface area contributed by atoms with Crippen LogP contribution in [0.4, 0.5) is 5.69 Å². The Balaban J connectivity index is 2.28. The van der Waals surface area contributed by atoms with Crippen LogP contribution in [0, 0.1) is 6.92 Å². The van der Waals surface area contributed by atoms with Gasteiger partial charge in [0.15, 0.2) is 0 Å². The van der Waals surface area contributed by atoms with E-state index in [1.165, 1.54) is 0 Å². The molecule has 0 saturated carbocycles. The van der Waals surface area contributed by atoms with Gasteiger partial charge in [0.2, 0.25) is 5.91 Å². The largest absolute Gasteiger partial charge is 0.324 e. The summed E-state index contributed by atoms with van der Waals surface area (Å²) < 4.78 is 0.821. The molecule has 0 spiro atoms. The minimum Gasteiger partial charge on any atom is -0.324 e. The second-order valence-electron chi connectivity index (χ2n) is 5.53. The number of nitrogens with one attached hydrogen (secondary N) is 1. The maximum atomic E-state index is 12.6. The first-order valence-electron chi connectivity index (χ1n) is 6.65. The summed E-state index contributed by atoms with van der Waals surface area (Å²) in [5.41, 5.74) is 1.98. The number of hydrogen-bond donors (Lipinski definition) is 1. The van der Waals surface area contributed by atoms with Crippen molar-refractivity contribution >= 4 is 39.1 Å². The van der Waals surface area contributed by atoms with E-state index in [1.807, 2.05) is 57.2 Å². The smallest absolute Gasteiger partial charge is 0.234 e. The zero-order chi connectivity index (χ0) is 15.6. The Labute approximate surface area is 138 Å². The van der Waals surface area contributed by atoms with Crippen LogP contribution in [0.3, 0.4) is 0 Å². The maximum absolute atomic E-state index is 12.6. The van der Waals surface area contributed by atoms with Crippen LogP contribution in [0.1, 0.15) is 25.0 Å². The number of anilines is 1. The molecule has 2 aromatic carbocycles. The first-order chi connectivity index (χ1) is 9.82. The lowest BCUT2D eigenvalue weighted by Crippen LogP contribution is -2.34. The van der Waals surface area contributed by atoms with E-state index in [-0.39, 0.29) is 5.91 Å². The maximum Gasteiger partial charge on any atom is 0.234 e. The second kappa shape index (κ2) is 6.20. The zero-order valence-electron chi connectivity index (χ0n) is 12.2. The summed E-state index contributed by atoms with van der Waals surface area (Å²) in [6.07, 6.45) is 0. The molecular weight excluding hydrogens is 350 g/mol. The summed E-state index contributed by atoms with van der Waals surface area (Å²) in [6, 6.07) is 13.4. The molecule has 4 heteroatoms. The lowest BCUT2D eigenvalue weighted by atomic mass is 9.83. The third-order valence-corrected chi connectivity index (χ3v) is 4.62. The van der Waals surface area contributed by atoms with Gasteiger partial charge in [0, 0.05) is 9.50 Å². The number of hydrogen-bond acceptors (Lipinski definition) is 1. The SMILES string of the molecule is Cc1cc(Br)c(NC(=O)C(C)(C)c2ccccc2)cc1Cl. The molecule has 0 radical (unpaired) electrons. The highest BCUT2D eigenvalue weighted by atomic mass is 79.9. The van der Waals surface area contributed by atoms with E-state index in [0.717, 1.165) is 15.6 Å². The van der Waals surface area contributed by atoms with Crippen LogP contribution in [0.25, 0.3) is 0 Å². The van der Waals surface area contributed by atoms with Crippen molar-refractivity contribution in [2.24, 2.45) is 0 Å². The highest BCUT2D eigenvalue weighted by molar-refractivity contribution is 9.10. The fourth-order valence-electron chi connectivity index (χ4n) is 2.01. The summed E-state index contributed by atoms with van der Waals surface area (Å²) in [5, 5.41) is 3.58. The van der Waals surface area contributed by atoms with Crippen molar-refractivity contribution in [2.75, 3.05) is 5.32 Å². The van der Waals surface area contributed by atoms with Gasteiger partial charge < -0.3 is 5.32 Å². The van der Waals surface area contributed by atoms with Crippen molar-refractivity contribution < 1.29 is 4.79 Å². The molecule has 0 unspecified atom stereocenters. The molecule has 1 N–H and O–H groups in total. The van der Waals surface area contributed by atoms with Crippen molar-refractivity contribution in [1.82, 2.24) is 0 Å². The molecule has 0 aromatic heterocycles. The molecule has 110 valence electrons. The normalized spacial score (nSPS) is 11.3. The molecule has 0 fully saturated rings. The summed E-state index contributed by atoms with van der Waals surface area (Å²) >= 11 is 9.59. The monoisotopic (exact) mass is 365 g/mol. The first-order valence-corrected chi connectivity index (χ1v) is 7.82. The van der Waals surface area contributed by atoms with Gasteiger partial charge in [0.1, 0.15) is 0 Å². The van der Waals surface area contributed by atoms with Crippen molar-refractivity contribution in [2.45, 2.75) is 26.2 Å². The molecule has 2 nitrogen and oxygen atoms in total. The third kappa shape index (κ3) is 3.47. The van der Waals surface area contributed by atoms with Gasteiger partial charge in [-0.25, -0.2) is 0 Å². The molecular formula is C17H17BrClNO. The molecule has 0 aliphatic carbocycles. The van der Waals surface area contributed by atoms with Crippen LogP contribution in [-0.2, 0) is 10.2 Å². The number of halogens is 2. The predicted octanol–water partition coefficient (Wildman–Crippen LogP) is 5.33. The number of carbonyl (C=O) groups is 1. The fraction of sp³-hybridized carbons (Fsp3) is 0.235. The van der Waals surface area contributed by atoms with Gasteiger partial charge in [-0.2, -0.15) is 0 Å². The average molecular weight is 367 g/mol. The van der Waals surface area contributed by atoms with Crippen LogP contribution in [0.15, 0.2) is 46.9 Å². The van der Waals surface area contributed by atoms with Gasteiger partial charge in [-0.3, -0.25) is 4.79 Å². The molecule has 21 heavy (non-hydrogen) atoms. The van der Waals surface area contributed by atoms with Gasteiger partial charge in [-0.1, -0.05) is 41.9 Å². The Bertz CT molecular complexity index is 668. The summed E-state index contributed by atoms with van der Waals surface area (Å²) in [4.78, 5) is 12.6. The lowest BCUT2D eigenvalue weighted by molar-refractivity contribution is -0.120. The minimum atomic E-state index is -0.627. The highest BCUT2D eigenvalue weighted by Gasteiger charge is 2.30. The fourth-order valence-corrected chi connectivity index (χ4v) is 2.73. The molecule has 2 aromatic rings. The van der Waals surface area contributed by atoms with Crippen LogP contribution in [0.2, 0.25) is 5.02 Å². The van der Waals surface area contributed by atoms with Gasteiger partial charge >= 0.3 is 0 Å². The number of rotatable bonds is 3. The highest BCUT2D eigenvalue weighted by Crippen LogP contribution is 2.31. The van der Waals surface area contributed by atoms with Crippen LogP contribution in [0.5, 0.6) is 0 Å². The van der Waals surface area contributed by atoms with Crippen molar-refractivity contribution in [3.8, 4) is 0 Å². The second-order valence-corrected chi connectivity index (χ2v) is 6.79. The van der Waals surface area contributed by atoms with Crippen LogP contribution < -0.4 is 5.32 Å². The molecule has 0 aliphatic rings. The average Bonchev–Trinajstić information content (AvgIpc) is 2.45. The summed E-state index contributed by atoms with van der Waals surface area (Å²) in [6.45, 7) is 5.73. The van der Waals surface area contributed by atoms with Gasteiger partial charge in [-0.15, -0.1) is 0 Å².